The number of anilines is 1. The summed E-state index contributed by atoms with van der Waals surface area (Å²) >= 11 is 1.55. The van der Waals surface area contributed by atoms with Crippen molar-refractivity contribution < 1.29 is 14.0 Å². The zero-order valence-electron chi connectivity index (χ0n) is 15.7. The molecule has 1 heterocycles. The van der Waals surface area contributed by atoms with Gasteiger partial charge in [0.25, 0.3) is 0 Å². The van der Waals surface area contributed by atoms with Gasteiger partial charge in [-0.1, -0.05) is 30.3 Å². The monoisotopic (exact) mass is 395 g/mol. The lowest BCUT2D eigenvalue weighted by Crippen LogP contribution is -2.35. The van der Waals surface area contributed by atoms with Crippen molar-refractivity contribution in [2.45, 2.75) is 11.3 Å². The molecule has 6 nitrogen and oxygen atoms in total. The second-order valence-electron chi connectivity index (χ2n) is 6.19. The number of oxazole rings is 1. The average Bonchev–Trinajstić information content (AvgIpc) is 3.17. The molecule has 3 aromatic rings. The maximum absolute atomic E-state index is 12.4. The van der Waals surface area contributed by atoms with Gasteiger partial charge in [0.2, 0.25) is 17.7 Å². The van der Waals surface area contributed by atoms with Crippen molar-refractivity contribution in [3.63, 3.8) is 0 Å². The van der Waals surface area contributed by atoms with Gasteiger partial charge in [0.1, 0.15) is 6.26 Å². The summed E-state index contributed by atoms with van der Waals surface area (Å²) in [5.74, 6) is 0.0150. The van der Waals surface area contributed by atoms with Crippen LogP contribution in [0.2, 0.25) is 0 Å². The van der Waals surface area contributed by atoms with Crippen LogP contribution in [0.4, 0.5) is 5.69 Å². The minimum absolute atomic E-state index is 0.0368. The van der Waals surface area contributed by atoms with Gasteiger partial charge in [-0.15, -0.1) is 11.8 Å². The highest BCUT2D eigenvalue weighted by Gasteiger charge is 2.17. The van der Waals surface area contributed by atoms with Gasteiger partial charge in [-0.05, 0) is 30.5 Å². The van der Waals surface area contributed by atoms with E-state index in [9.17, 15) is 9.59 Å². The summed E-state index contributed by atoms with van der Waals surface area (Å²) in [5, 5.41) is 2.85. The van der Waals surface area contributed by atoms with Gasteiger partial charge < -0.3 is 14.6 Å². The van der Waals surface area contributed by atoms with Gasteiger partial charge in [0.05, 0.1) is 24.3 Å². The summed E-state index contributed by atoms with van der Waals surface area (Å²) in [4.78, 5) is 31.4. The Labute approximate surface area is 168 Å². The van der Waals surface area contributed by atoms with Gasteiger partial charge in [-0.25, -0.2) is 4.98 Å². The van der Waals surface area contributed by atoms with E-state index in [-0.39, 0.29) is 24.8 Å². The lowest BCUT2D eigenvalue weighted by Gasteiger charge is -2.17. The molecule has 7 heteroatoms. The Kier molecular flexibility index (Phi) is 6.49. The van der Waals surface area contributed by atoms with Crippen LogP contribution in [0.15, 0.2) is 70.2 Å². The number of aromatic nitrogens is 1. The molecule has 0 fully saturated rings. The molecule has 0 spiro atoms. The predicted octanol–water partition coefficient (Wildman–Crippen LogP) is 3.70. The van der Waals surface area contributed by atoms with E-state index in [1.165, 1.54) is 11.2 Å². The number of para-hydroxylation sites is 1. The molecule has 0 saturated carbocycles. The number of rotatable bonds is 7. The maximum Gasteiger partial charge on any atom is 0.244 e. The molecule has 1 N–H and O–H groups in total. The number of benzene rings is 2. The number of likely N-dealkylation sites (N-methyl/N-ethyl adjacent to an activating group) is 1. The van der Waals surface area contributed by atoms with Gasteiger partial charge in [-0.2, -0.15) is 0 Å². The van der Waals surface area contributed by atoms with Crippen LogP contribution in [0.3, 0.4) is 0 Å². The number of amides is 2. The van der Waals surface area contributed by atoms with Crippen molar-refractivity contribution in [3.05, 3.63) is 66.6 Å². The summed E-state index contributed by atoms with van der Waals surface area (Å²) in [6.07, 6.45) is 3.49. The van der Waals surface area contributed by atoms with Crippen LogP contribution in [-0.2, 0) is 16.0 Å². The fraction of sp³-hybridized carbons (Fsp3) is 0.190. The molecule has 0 aliphatic rings. The zero-order chi connectivity index (χ0) is 19.9. The second-order valence-corrected chi connectivity index (χ2v) is 7.03. The highest BCUT2D eigenvalue weighted by Crippen LogP contribution is 2.24. The van der Waals surface area contributed by atoms with Gasteiger partial charge in [-0.3, -0.25) is 9.59 Å². The van der Waals surface area contributed by atoms with E-state index in [0.29, 0.717) is 11.6 Å². The Morgan fingerprint density at radius 3 is 2.57 bits per heavy atom. The standard InChI is InChI=1S/C21H21N3O3S/c1-24(13-19(25)23-17-10-6-7-11-18(17)28-2)20(26)12-16-14-27-21(22-16)15-8-4-3-5-9-15/h3-11,14H,12-13H2,1-2H3,(H,23,25). The Morgan fingerprint density at radius 2 is 1.82 bits per heavy atom. The van der Waals surface area contributed by atoms with Gasteiger partial charge in [0.15, 0.2) is 0 Å². The molecule has 3 rings (SSSR count). The van der Waals surface area contributed by atoms with Crippen LogP contribution in [-0.4, -0.2) is 41.5 Å². The smallest absolute Gasteiger partial charge is 0.244 e. The number of hydrogen-bond donors (Lipinski definition) is 1. The van der Waals surface area contributed by atoms with Crippen molar-refractivity contribution in [1.82, 2.24) is 9.88 Å². The topological polar surface area (TPSA) is 75.4 Å². The third-order valence-corrected chi connectivity index (χ3v) is 4.89. The van der Waals surface area contributed by atoms with E-state index in [2.05, 4.69) is 10.3 Å². The number of nitrogens with one attached hydrogen (secondary N) is 1. The molecule has 0 unspecified atom stereocenters. The van der Waals surface area contributed by atoms with Crippen LogP contribution in [0.25, 0.3) is 11.5 Å². The van der Waals surface area contributed by atoms with Crippen LogP contribution in [0.1, 0.15) is 5.69 Å². The number of carbonyl (C=O) groups excluding carboxylic acids is 2. The number of carbonyl (C=O) groups is 2. The largest absolute Gasteiger partial charge is 0.444 e. The number of nitrogens with zero attached hydrogens (tertiary/aromatic N) is 2. The van der Waals surface area contributed by atoms with E-state index < -0.39 is 0 Å². The highest BCUT2D eigenvalue weighted by atomic mass is 32.2. The van der Waals surface area contributed by atoms with Gasteiger partial charge >= 0.3 is 0 Å². The SMILES string of the molecule is CSc1ccccc1NC(=O)CN(C)C(=O)Cc1coc(-c2ccccc2)n1. The first-order valence-electron chi connectivity index (χ1n) is 8.73. The Balaban J connectivity index is 1.56. The molecule has 0 aliphatic heterocycles. The van der Waals surface area contributed by atoms with Crippen molar-refractivity contribution in [3.8, 4) is 11.5 Å². The molecule has 1 aromatic heterocycles. The van der Waals surface area contributed by atoms with E-state index >= 15 is 0 Å². The van der Waals surface area contributed by atoms with Crippen LogP contribution in [0, 0.1) is 0 Å². The molecule has 0 saturated heterocycles. The summed E-state index contributed by atoms with van der Waals surface area (Å²) in [5.41, 5.74) is 2.12. The minimum Gasteiger partial charge on any atom is -0.444 e. The lowest BCUT2D eigenvalue weighted by atomic mass is 10.2. The van der Waals surface area contributed by atoms with E-state index in [1.807, 2.05) is 60.9 Å². The fourth-order valence-electron chi connectivity index (χ4n) is 2.63. The van der Waals surface area contributed by atoms with Crippen molar-refractivity contribution in [2.75, 3.05) is 25.2 Å². The molecule has 0 aliphatic carbocycles. The minimum atomic E-state index is -0.248. The zero-order valence-corrected chi connectivity index (χ0v) is 16.5. The number of hydrogen-bond acceptors (Lipinski definition) is 5. The Morgan fingerprint density at radius 1 is 1.11 bits per heavy atom. The average molecular weight is 395 g/mol. The highest BCUT2D eigenvalue weighted by molar-refractivity contribution is 7.98. The quantitative estimate of drug-likeness (QED) is 0.618. The third-order valence-electron chi connectivity index (χ3n) is 4.09. The summed E-state index contributed by atoms with van der Waals surface area (Å²) in [6, 6.07) is 17.0. The van der Waals surface area contributed by atoms with Gasteiger partial charge in [0, 0.05) is 17.5 Å². The van der Waals surface area contributed by atoms with E-state index in [0.717, 1.165) is 16.1 Å². The molecular weight excluding hydrogens is 374 g/mol. The first-order valence-corrected chi connectivity index (χ1v) is 9.96. The molecule has 28 heavy (non-hydrogen) atoms. The van der Waals surface area contributed by atoms with E-state index in [4.69, 9.17) is 4.42 Å². The van der Waals surface area contributed by atoms with Crippen molar-refractivity contribution >= 4 is 29.3 Å². The summed E-state index contributed by atoms with van der Waals surface area (Å²) < 4.78 is 5.45. The molecule has 2 amide bonds. The van der Waals surface area contributed by atoms with Crippen LogP contribution in [0.5, 0.6) is 0 Å². The van der Waals surface area contributed by atoms with Crippen LogP contribution >= 0.6 is 11.8 Å². The summed E-state index contributed by atoms with van der Waals surface area (Å²) in [7, 11) is 1.60. The molecule has 0 radical (unpaired) electrons. The van der Waals surface area contributed by atoms with Crippen molar-refractivity contribution in [2.24, 2.45) is 0 Å². The summed E-state index contributed by atoms with van der Waals surface area (Å²) in [6.45, 7) is -0.0368. The fourth-order valence-corrected chi connectivity index (χ4v) is 3.19. The molecular formula is C21H21N3O3S. The molecule has 144 valence electrons. The first kappa shape index (κ1) is 19.7. The predicted molar refractivity (Wildman–Crippen MR) is 110 cm³/mol. The second kappa shape index (κ2) is 9.23. The Bertz CT molecular complexity index is 956. The van der Waals surface area contributed by atoms with E-state index in [1.54, 1.807) is 18.8 Å². The first-order chi connectivity index (χ1) is 13.6. The lowest BCUT2D eigenvalue weighted by molar-refractivity contribution is -0.132. The number of thioether (sulfide) groups is 1. The molecule has 0 atom stereocenters. The third kappa shape index (κ3) is 5.01. The normalized spacial score (nSPS) is 10.5. The maximum atomic E-state index is 12.4. The Hall–Kier alpha value is -3.06. The van der Waals surface area contributed by atoms with Crippen molar-refractivity contribution in [1.29, 1.82) is 0 Å². The molecule has 2 aromatic carbocycles. The molecule has 0 bridgehead atoms. The van der Waals surface area contributed by atoms with Crippen LogP contribution < -0.4 is 5.32 Å².